The molecule has 0 saturated carbocycles. The molecule has 80 valence electrons. The van der Waals surface area contributed by atoms with Crippen LogP contribution in [0.5, 0.6) is 0 Å². The van der Waals surface area contributed by atoms with E-state index in [1.165, 1.54) is 6.92 Å². The zero-order chi connectivity index (χ0) is 11.1. The number of carbonyl (C=O) groups is 2. The van der Waals surface area contributed by atoms with Crippen LogP contribution >= 0.6 is 0 Å². The van der Waals surface area contributed by atoms with Crippen LogP contribution in [0.1, 0.15) is 12.5 Å². The maximum atomic E-state index is 11.1. The maximum Gasteiger partial charge on any atom is 0.408 e. The van der Waals surface area contributed by atoms with Gasteiger partial charge >= 0.3 is 6.09 Å². The highest BCUT2D eigenvalue weighted by molar-refractivity contribution is 5.70. The second-order valence-electron chi connectivity index (χ2n) is 3.09. The number of carbonyl (C=O) groups excluding carboxylic acids is 2. The van der Waals surface area contributed by atoms with E-state index in [2.05, 4.69) is 5.32 Å². The van der Waals surface area contributed by atoms with E-state index in [9.17, 15) is 9.59 Å². The zero-order valence-corrected chi connectivity index (χ0v) is 8.47. The summed E-state index contributed by atoms with van der Waals surface area (Å²) < 4.78 is 4.70. The van der Waals surface area contributed by atoms with Crippen LogP contribution in [-0.4, -0.2) is 18.5 Å². The summed E-state index contributed by atoms with van der Waals surface area (Å²) in [4.78, 5) is 21.3. The lowest BCUT2D eigenvalue weighted by molar-refractivity contribution is -0.114. The fraction of sp³-hybridized carbons (Fsp3) is 0.273. The lowest BCUT2D eigenvalue weighted by Gasteiger charge is -2.08. The molecule has 0 aromatic heterocycles. The Morgan fingerprint density at radius 1 is 1.47 bits per heavy atom. The zero-order valence-electron chi connectivity index (χ0n) is 8.47. The van der Waals surface area contributed by atoms with Crippen LogP contribution in [0, 0.1) is 0 Å². The average molecular weight is 207 g/mol. The Morgan fingerprint density at radius 2 is 2.13 bits per heavy atom. The number of nitrogens with one attached hydrogen (secondary N) is 1. The topological polar surface area (TPSA) is 55.4 Å². The van der Waals surface area contributed by atoms with Crippen molar-refractivity contribution in [2.45, 2.75) is 19.6 Å². The molecule has 4 heteroatoms. The fourth-order valence-electron chi connectivity index (χ4n) is 1.01. The molecule has 0 spiro atoms. The van der Waals surface area contributed by atoms with E-state index in [1.807, 2.05) is 30.3 Å². The SMILES string of the molecule is C[C@@H](C=O)OC(=O)NCc1ccccc1. The van der Waals surface area contributed by atoms with E-state index in [0.29, 0.717) is 12.8 Å². The molecule has 0 aliphatic heterocycles. The minimum absolute atomic E-state index is 0.394. The molecule has 0 fully saturated rings. The van der Waals surface area contributed by atoms with Crippen LogP contribution in [0.25, 0.3) is 0 Å². The van der Waals surface area contributed by atoms with Gasteiger partial charge in [-0.3, -0.25) is 4.79 Å². The van der Waals surface area contributed by atoms with E-state index in [1.54, 1.807) is 0 Å². The van der Waals surface area contributed by atoms with Crippen molar-refractivity contribution in [3.63, 3.8) is 0 Å². The fourth-order valence-corrected chi connectivity index (χ4v) is 1.01. The highest BCUT2D eigenvalue weighted by Gasteiger charge is 2.06. The number of ether oxygens (including phenoxy) is 1. The van der Waals surface area contributed by atoms with Crippen LogP contribution in [0.2, 0.25) is 0 Å². The summed E-state index contributed by atoms with van der Waals surface area (Å²) in [5.41, 5.74) is 0.980. The molecule has 0 aliphatic carbocycles. The van der Waals surface area contributed by atoms with E-state index >= 15 is 0 Å². The molecule has 15 heavy (non-hydrogen) atoms. The first-order chi connectivity index (χ1) is 7.22. The van der Waals surface area contributed by atoms with E-state index in [4.69, 9.17) is 4.74 Å². The molecule has 1 aromatic carbocycles. The molecule has 0 heterocycles. The summed E-state index contributed by atoms with van der Waals surface area (Å²) in [5, 5.41) is 2.54. The Balaban J connectivity index is 2.31. The van der Waals surface area contributed by atoms with Crippen molar-refractivity contribution in [3.8, 4) is 0 Å². The maximum absolute atomic E-state index is 11.1. The number of amides is 1. The van der Waals surface area contributed by atoms with Gasteiger partial charge in [-0.15, -0.1) is 0 Å². The highest BCUT2D eigenvalue weighted by Crippen LogP contribution is 1.97. The molecule has 1 rings (SSSR count). The summed E-state index contributed by atoms with van der Waals surface area (Å²) >= 11 is 0. The second kappa shape index (κ2) is 5.80. The number of hydrogen-bond donors (Lipinski definition) is 1. The number of benzene rings is 1. The predicted octanol–water partition coefficient (Wildman–Crippen LogP) is 1.50. The Kier molecular flexibility index (Phi) is 4.34. The highest BCUT2D eigenvalue weighted by atomic mass is 16.6. The van der Waals surface area contributed by atoms with Crippen molar-refractivity contribution in [2.75, 3.05) is 0 Å². The van der Waals surface area contributed by atoms with Gasteiger partial charge < -0.3 is 10.1 Å². The molecular weight excluding hydrogens is 194 g/mol. The Labute approximate surface area is 88.2 Å². The van der Waals surface area contributed by atoms with E-state index in [0.717, 1.165) is 5.56 Å². The van der Waals surface area contributed by atoms with Gasteiger partial charge in [-0.05, 0) is 12.5 Å². The van der Waals surface area contributed by atoms with Gasteiger partial charge in [-0.2, -0.15) is 0 Å². The average Bonchev–Trinajstić information content (AvgIpc) is 2.27. The molecule has 0 radical (unpaired) electrons. The quantitative estimate of drug-likeness (QED) is 0.761. The third-order valence-corrected chi connectivity index (χ3v) is 1.76. The van der Waals surface area contributed by atoms with Crippen molar-refractivity contribution >= 4 is 12.4 Å². The molecule has 1 aromatic rings. The molecule has 4 nitrogen and oxygen atoms in total. The third kappa shape index (κ3) is 4.26. The Morgan fingerprint density at radius 3 is 2.73 bits per heavy atom. The first kappa shape index (κ1) is 11.2. The normalized spacial score (nSPS) is 11.5. The second-order valence-corrected chi connectivity index (χ2v) is 3.09. The van der Waals surface area contributed by atoms with Gasteiger partial charge in [-0.25, -0.2) is 4.79 Å². The van der Waals surface area contributed by atoms with Crippen molar-refractivity contribution in [1.82, 2.24) is 5.32 Å². The third-order valence-electron chi connectivity index (χ3n) is 1.76. The number of aldehydes is 1. The lowest BCUT2D eigenvalue weighted by Crippen LogP contribution is -2.27. The van der Waals surface area contributed by atoms with Crippen molar-refractivity contribution < 1.29 is 14.3 Å². The molecule has 0 aliphatic rings. The Bertz CT molecular complexity index is 324. The standard InChI is InChI=1S/C11H13NO3/c1-9(8-13)15-11(14)12-7-10-5-3-2-4-6-10/h2-6,8-9H,7H2,1H3,(H,12,14)/t9-/m0/s1. The van der Waals surface area contributed by atoms with Crippen LogP contribution in [0.3, 0.4) is 0 Å². The molecule has 1 amide bonds. The van der Waals surface area contributed by atoms with Crippen LogP contribution in [0.15, 0.2) is 30.3 Å². The summed E-state index contributed by atoms with van der Waals surface area (Å²) in [6, 6.07) is 9.45. The number of alkyl carbamates (subject to hydrolysis) is 1. The minimum Gasteiger partial charge on any atom is -0.439 e. The number of rotatable bonds is 4. The minimum atomic E-state index is -0.708. The summed E-state index contributed by atoms with van der Waals surface area (Å²) in [5.74, 6) is 0. The van der Waals surface area contributed by atoms with E-state index in [-0.39, 0.29) is 0 Å². The lowest BCUT2D eigenvalue weighted by atomic mass is 10.2. The molecule has 1 atom stereocenters. The monoisotopic (exact) mass is 207 g/mol. The summed E-state index contributed by atoms with van der Waals surface area (Å²) in [6.45, 7) is 1.90. The first-order valence-corrected chi connectivity index (χ1v) is 4.66. The van der Waals surface area contributed by atoms with Gasteiger partial charge in [0, 0.05) is 6.54 Å². The largest absolute Gasteiger partial charge is 0.439 e. The predicted molar refractivity (Wildman–Crippen MR) is 55.3 cm³/mol. The smallest absolute Gasteiger partial charge is 0.408 e. The van der Waals surface area contributed by atoms with Gasteiger partial charge in [0.1, 0.15) is 0 Å². The summed E-state index contributed by atoms with van der Waals surface area (Å²) in [6.07, 6.45) is -0.721. The van der Waals surface area contributed by atoms with Gasteiger partial charge in [0.05, 0.1) is 0 Å². The van der Waals surface area contributed by atoms with Crippen molar-refractivity contribution in [1.29, 1.82) is 0 Å². The number of hydrogen-bond acceptors (Lipinski definition) is 3. The van der Waals surface area contributed by atoms with E-state index < -0.39 is 12.2 Å². The van der Waals surface area contributed by atoms with Gasteiger partial charge in [0.2, 0.25) is 0 Å². The summed E-state index contributed by atoms with van der Waals surface area (Å²) in [7, 11) is 0. The van der Waals surface area contributed by atoms with Crippen molar-refractivity contribution in [3.05, 3.63) is 35.9 Å². The molecule has 0 saturated heterocycles. The molecular formula is C11H13NO3. The Hall–Kier alpha value is -1.84. The van der Waals surface area contributed by atoms with Gasteiger partial charge in [0.25, 0.3) is 0 Å². The van der Waals surface area contributed by atoms with Crippen LogP contribution < -0.4 is 5.32 Å². The van der Waals surface area contributed by atoms with Crippen molar-refractivity contribution in [2.24, 2.45) is 0 Å². The van der Waals surface area contributed by atoms with Gasteiger partial charge in [0.15, 0.2) is 12.4 Å². The molecule has 1 N–H and O–H groups in total. The molecule has 0 bridgehead atoms. The van der Waals surface area contributed by atoms with Gasteiger partial charge in [-0.1, -0.05) is 30.3 Å². The first-order valence-electron chi connectivity index (χ1n) is 4.66. The molecule has 0 unspecified atom stereocenters. The van der Waals surface area contributed by atoms with Crippen LogP contribution in [0.4, 0.5) is 4.79 Å². The van der Waals surface area contributed by atoms with Crippen LogP contribution in [-0.2, 0) is 16.1 Å².